The third kappa shape index (κ3) is 14.7. The molecule has 0 bridgehead atoms. The first-order valence-corrected chi connectivity index (χ1v) is 20.5. The van der Waals surface area contributed by atoms with Crippen molar-refractivity contribution in [3.05, 3.63) is 119 Å². The molecular weight excluding hydrogens is 705 g/mol. The molecule has 3 amide bonds. The van der Waals surface area contributed by atoms with E-state index in [2.05, 4.69) is 79.2 Å². The SMILES string of the molecule is CCc1cc(OCCCCNC(=O)OC(C)(C)C)ccc1-c1ccc(C[C@H]([Si]N)C(=O)N[C@@H](CCCc2cc(C)cc(C)c2)C(=O)Nc2ccccc2)cc1. The molecule has 10 heteroatoms. The van der Waals surface area contributed by atoms with Crippen LogP contribution in [0.25, 0.3) is 11.1 Å². The van der Waals surface area contributed by atoms with E-state index in [-0.39, 0.29) is 21.5 Å². The zero-order valence-electron chi connectivity index (χ0n) is 33.3. The van der Waals surface area contributed by atoms with E-state index in [1.165, 1.54) is 22.3 Å². The largest absolute Gasteiger partial charge is 0.494 e. The second kappa shape index (κ2) is 21.2. The van der Waals surface area contributed by atoms with Gasteiger partial charge in [0, 0.05) is 17.8 Å². The van der Waals surface area contributed by atoms with Crippen molar-refractivity contribution < 1.29 is 23.9 Å². The number of anilines is 1. The highest BCUT2D eigenvalue weighted by atomic mass is 28.2. The lowest BCUT2D eigenvalue weighted by Crippen LogP contribution is -2.46. The summed E-state index contributed by atoms with van der Waals surface area (Å²) in [5.74, 6) is 0.364. The molecule has 0 aliphatic heterocycles. The number of hydrogen-bond acceptors (Lipinski definition) is 6. The van der Waals surface area contributed by atoms with Crippen molar-refractivity contribution in [2.45, 2.75) is 104 Å². The Morgan fingerprint density at radius 1 is 0.818 bits per heavy atom. The van der Waals surface area contributed by atoms with Crippen molar-refractivity contribution in [2.24, 2.45) is 5.40 Å². The van der Waals surface area contributed by atoms with Gasteiger partial charge in [-0.05, 0) is 132 Å². The van der Waals surface area contributed by atoms with Gasteiger partial charge in [-0.2, -0.15) is 0 Å². The summed E-state index contributed by atoms with van der Waals surface area (Å²) in [7, 11) is -0.121. The highest BCUT2D eigenvalue weighted by Crippen LogP contribution is 2.29. The highest BCUT2D eigenvalue weighted by molar-refractivity contribution is 6.40. The average molecular weight is 763 g/mol. The molecule has 9 nitrogen and oxygen atoms in total. The van der Waals surface area contributed by atoms with E-state index in [0.717, 1.165) is 54.5 Å². The maximum atomic E-state index is 13.7. The van der Waals surface area contributed by atoms with Gasteiger partial charge < -0.3 is 30.8 Å². The summed E-state index contributed by atoms with van der Waals surface area (Å²) in [5.41, 5.74) is 7.75. The molecule has 0 spiro atoms. The third-order valence-electron chi connectivity index (χ3n) is 9.10. The van der Waals surface area contributed by atoms with Gasteiger partial charge in [0.1, 0.15) is 27.1 Å². The molecule has 0 fully saturated rings. The summed E-state index contributed by atoms with van der Waals surface area (Å²) in [4.78, 5) is 39.0. The van der Waals surface area contributed by atoms with Crippen LogP contribution in [0.2, 0.25) is 5.54 Å². The fourth-order valence-corrected chi connectivity index (χ4v) is 7.04. The molecule has 4 aromatic carbocycles. The maximum absolute atomic E-state index is 13.7. The third-order valence-corrected chi connectivity index (χ3v) is 9.97. The fourth-order valence-electron chi connectivity index (χ4n) is 6.45. The molecule has 4 rings (SSSR count). The molecule has 4 aromatic rings. The number of alkyl carbamates (subject to hydrolysis) is 1. The van der Waals surface area contributed by atoms with Gasteiger partial charge in [0.05, 0.1) is 6.61 Å². The van der Waals surface area contributed by atoms with Crippen molar-refractivity contribution in [1.29, 1.82) is 0 Å². The van der Waals surface area contributed by atoms with Crippen molar-refractivity contribution >= 4 is 33.3 Å². The number of carbonyl (C=O) groups is 3. The van der Waals surface area contributed by atoms with Crippen LogP contribution in [-0.4, -0.2) is 52.4 Å². The molecule has 0 aliphatic rings. The Bertz CT molecular complexity index is 1820. The van der Waals surface area contributed by atoms with Crippen molar-refractivity contribution in [2.75, 3.05) is 18.5 Å². The summed E-state index contributed by atoms with van der Waals surface area (Å²) in [6.07, 6.45) is 4.56. The summed E-state index contributed by atoms with van der Waals surface area (Å²) >= 11 is 0. The number of nitrogens with one attached hydrogen (secondary N) is 3. The Labute approximate surface area is 330 Å². The number of benzene rings is 4. The highest BCUT2D eigenvalue weighted by Gasteiger charge is 2.26. The summed E-state index contributed by atoms with van der Waals surface area (Å²) in [6.45, 7) is 12.9. The quantitative estimate of drug-likeness (QED) is 0.0562. The lowest BCUT2D eigenvalue weighted by molar-refractivity contribution is -0.126. The summed E-state index contributed by atoms with van der Waals surface area (Å²) < 4.78 is 11.3. The number of ether oxygens (including phenoxy) is 2. The zero-order chi connectivity index (χ0) is 39.8. The van der Waals surface area contributed by atoms with E-state index >= 15 is 0 Å². The van der Waals surface area contributed by atoms with Crippen LogP contribution >= 0.6 is 0 Å². The second-order valence-electron chi connectivity index (χ2n) is 15.1. The van der Waals surface area contributed by atoms with Crippen LogP contribution in [-0.2, 0) is 33.6 Å². The van der Waals surface area contributed by atoms with Crippen LogP contribution in [0.5, 0.6) is 5.75 Å². The molecule has 0 unspecified atom stereocenters. The Hall–Kier alpha value is -4.93. The summed E-state index contributed by atoms with van der Waals surface area (Å²) in [5, 5.41) is 15.0. The monoisotopic (exact) mass is 762 g/mol. The van der Waals surface area contributed by atoms with E-state index < -0.39 is 23.3 Å². The van der Waals surface area contributed by atoms with Gasteiger partial charge in [0.15, 0.2) is 0 Å². The van der Waals surface area contributed by atoms with Gasteiger partial charge in [0.2, 0.25) is 11.8 Å². The Morgan fingerprint density at radius 3 is 2.18 bits per heavy atom. The predicted molar refractivity (Wildman–Crippen MR) is 223 cm³/mol. The van der Waals surface area contributed by atoms with Crippen molar-refractivity contribution in [3.63, 3.8) is 0 Å². The van der Waals surface area contributed by atoms with Crippen LogP contribution in [0.3, 0.4) is 0 Å². The van der Waals surface area contributed by atoms with Gasteiger partial charge in [-0.1, -0.05) is 84.8 Å². The van der Waals surface area contributed by atoms with Gasteiger partial charge in [-0.15, -0.1) is 0 Å². The van der Waals surface area contributed by atoms with Crippen molar-refractivity contribution in [3.8, 4) is 16.9 Å². The molecule has 5 N–H and O–H groups in total. The molecule has 0 saturated carbocycles. The first kappa shape index (κ1) is 42.8. The number of rotatable bonds is 19. The Kier molecular flexibility index (Phi) is 16.5. The van der Waals surface area contributed by atoms with Crippen molar-refractivity contribution in [1.82, 2.24) is 10.6 Å². The molecule has 0 aromatic heterocycles. The van der Waals surface area contributed by atoms with Crippen LogP contribution in [0, 0.1) is 13.8 Å². The topological polar surface area (TPSA) is 132 Å². The lowest BCUT2D eigenvalue weighted by atomic mass is 9.96. The molecule has 0 saturated heterocycles. The first-order chi connectivity index (χ1) is 26.3. The molecule has 2 radical (unpaired) electrons. The second-order valence-corrected chi connectivity index (χ2v) is 16.1. The minimum Gasteiger partial charge on any atom is -0.494 e. The van der Waals surface area contributed by atoms with Gasteiger partial charge in [-0.25, -0.2) is 4.79 Å². The maximum Gasteiger partial charge on any atom is 0.407 e. The molecule has 292 valence electrons. The normalized spacial score (nSPS) is 12.3. The van der Waals surface area contributed by atoms with Crippen LogP contribution in [0.4, 0.5) is 10.5 Å². The lowest BCUT2D eigenvalue weighted by Gasteiger charge is -2.22. The fraction of sp³-hybridized carbons (Fsp3) is 0.400. The van der Waals surface area contributed by atoms with E-state index in [0.29, 0.717) is 31.7 Å². The zero-order valence-corrected chi connectivity index (χ0v) is 34.3. The molecular formula is C45H58N4O5Si. The Morgan fingerprint density at radius 2 is 1.53 bits per heavy atom. The Balaban J connectivity index is 1.33. The predicted octanol–water partition coefficient (Wildman–Crippen LogP) is 8.27. The van der Waals surface area contributed by atoms with Gasteiger partial charge in [0.25, 0.3) is 0 Å². The number of para-hydroxylation sites is 1. The van der Waals surface area contributed by atoms with Crippen LogP contribution < -0.4 is 26.1 Å². The van der Waals surface area contributed by atoms with Gasteiger partial charge in [-0.3, -0.25) is 9.59 Å². The number of hydrogen-bond donors (Lipinski definition) is 4. The number of amides is 3. The number of unbranched alkanes of at least 4 members (excludes halogenated alkanes) is 1. The van der Waals surface area contributed by atoms with Crippen LogP contribution in [0.1, 0.15) is 81.2 Å². The van der Waals surface area contributed by atoms with E-state index in [1.807, 2.05) is 69.3 Å². The first-order valence-electron chi connectivity index (χ1n) is 19.3. The smallest absolute Gasteiger partial charge is 0.407 e. The molecule has 55 heavy (non-hydrogen) atoms. The number of nitrogens with two attached hydrogens (primary N) is 1. The molecule has 2 atom stereocenters. The van der Waals surface area contributed by atoms with E-state index in [9.17, 15) is 14.4 Å². The average Bonchev–Trinajstić information content (AvgIpc) is 3.14. The number of carbonyl (C=O) groups excluding carboxylic acids is 3. The molecule has 0 aliphatic carbocycles. The van der Waals surface area contributed by atoms with E-state index in [4.69, 9.17) is 14.9 Å². The van der Waals surface area contributed by atoms with Crippen LogP contribution in [0.15, 0.2) is 91.0 Å². The summed E-state index contributed by atoms with van der Waals surface area (Å²) in [6, 6.07) is 29.5. The van der Waals surface area contributed by atoms with Gasteiger partial charge >= 0.3 is 6.09 Å². The minimum atomic E-state index is -0.694. The molecule has 0 heterocycles. The number of aryl methyl sites for hydroxylation is 4. The minimum absolute atomic E-state index is 0.121. The standard InChI is InChI=1S/C45H58N4O5Si/c1-7-35-30-38(53-25-12-11-24-47-44(52)54-45(4,5)6)22-23-39(35)36-20-18-33(19-21-36)29-41(55-46)43(51)49-40(42(50)48-37-15-9-8-10-16-37)17-13-14-34-27-31(2)26-32(3)28-34/h8-10,15-16,18-23,26-28,30,40-41H,7,11-14,17,24-25,29,46H2,1-6H3,(H,47,52)(H,48,50)(H,49,51)/t40-,41-/m0/s1. The van der Waals surface area contributed by atoms with E-state index in [1.54, 1.807) is 0 Å².